The molecular formula is C22H35N3O5. The molecule has 1 aromatic carbocycles. The maximum atomic E-state index is 12.5. The van der Waals surface area contributed by atoms with Crippen molar-refractivity contribution in [2.24, 2.45) is 5.73 Å². The summed E-state index contributed by atoms with van der Waals surface area (Å²) in [4.78, 5) is 36.3. The van der Waals surface area contributed by atoms with E-state index in [0.717, 1.165) is 37.7 Å². The number of aliphatic hydroxyl groups is 1. The summed E-state index contributed by atoms with van der Waals surface area (Å²) in [5.74, 6) is -1.33. The number of primary amides is 1. The van der Waals surface area contributed by atoms with Crippen LogP contribution in [0.2, 0.25) is 0 Å². The van der Waals surface area contributed by atoms with Crippen molar-refractivity contribution in [1.29, 1.82) is 0 Å². The Kier molecular flexibility index (Phi) is 12.2. The van der Waals surface area contributed by atoms with E-state index in [1.54, 1.807) is 12.1 Å². The summed E-state index contributed by atoms with van der Waals surface area (Å²) in [6, 6.07) is 6.95. The van der Waals surface area contributed by atoms with Gasteiger partial charge < -0.3 is 26.2 Å². The number of amides is 3. The van der Waals surface area contributed by atoms with E-state index >= 15 is 0 Å². The first-order valence-electron chi connectivity index (χ1n) is 10.6. The topological polar surface area (TPSA) is 131 Å². The van der Waals surface area contributed by atoms with Gasteiger partial charge in [-0.05, 0) is 18.9 Å². The van der Waals surface area contributed by atoms with Gasteiger partial charge in [0.15, 0.2) is 0 Å². The Morgan fingerprint density at radius 2 is 1.67 bits per heavy atom. The maximum Gasteiger partial charge on any atom is 0.408 e. The first-order chi connectivity index (χ1) is 14.3. The molecule has 8 heteroatoms. The molecule has 3 atom stereocenters. The first kappa shape index (κ1) is 25.4. The molecule has 0 aromatic heterocycles. The lowest BCUT2D eigenvalue weighted by Gasteiger charge is -2.23. The second kappa shape index (κ2) is 14.4. The fourth-order valence-electron chi connectivity index (χ4n) is 2.97. The molecule has 8 nitrogen and oxygen atoms in total. The molecule has 168 valence electrons. The zero-order valence-corrected chi connectivity index (χ0v) is 17.9. The molecule has 0 bridgehead atoms. The second-order valence-electron chi connectivity index (χ2n) is 7.44. The average Bonchev–Trinajstić information content (AvgIpc) is 2.72. The van der Waals surface area contributed by atoms with Gasteiger partial charge in [0.2, 0.25) is 11.8 Å². The minimum atomic E-state index is -1.26. The van der Waals surface area contributed by atoms with Crippen LogP contribution in [0.1, 0.15) is 64.4 Å². The molecule has 3 amide bonds. The SMILES string of the molecule is CCCCCCCC[C@H](NC(=O)[C@@H](NC(=O)OCc1ccccc1)[C@@H](C)O)C(N)=O. The Labute approximate surface area is 178 Å². The Hall–Kier alpha value is -2.61. The Morgan fingerprint density at radius 3 is 2.27 bits per heavy atom. The molecule has 0 saturated heterocycles. The predicted octanol–water partition coefficient (Wildman–Crippen LogP) is 2.38. The standard InChI is InChI=1S/C22H35N3O5/c1-3-4-5-6-7-11-14-18(20(23)27)24-21(28)19(16(2)26)25-22(29)30-15-17-12-9-8-10-13-17/h8-10,12-13,16,18-19,26H,3-7,11,14-15H2,1-2H3,(H2,23,27)(H,24,28)(H,25,29)/t16-,18+,19+/m1/s1. The van der Waals surface area contributed by atoms with Gasteiger partial charge in [-0.25, -0.2) is 4.79 Å². The average molecular weight is 422 g/mol. The van der Waals surface area contributed by atoms with Crippen LogP contribution in [0.3, 0.4) is 0 Å². The third-order valence-corrected chi connectivity index (χ3v) is 4.76. The molecule has 0 spiro atoms. The summed E-state index contributed by atoms with van der Waals surface area (Å²) in [6.45, 7) is 3.54. The summed E-state index contributed by atoms with van der Waals surface area (Å²) in [5.41, 5.74) is 6.20. The third-order valence-electron chi connectivity index (χ3n) is 4.76. The number of hydrogen-bond acceptors (Lipinski definition) is 5. The molecular weight excluding hydrogens is 386 g/mol. The van der Waals surface area contributed by atoms with Crippen LogP contribution in [0.25, 0.3) is 0 Å². The van der Waals surface area contributed by atoms with Gasteiger partial charge >= 0.3 is 6.09 Å². The van der Waals surface area contributed by atoms with Crippen molar-refractivity contribution in [3.63, 3.8) is 0 Å². The molecule has 1 aromatic rings. The minimum absolute atomic E-state index is 0.0305. The highest BCUT2D eigenvalue weighted by molar-refractivity contribution is 5.91. The lowest BCUT2D eigenvalue weighted by atomic mass is 10.0. The molecule has 5 N–H and O–H groups in total. The summed E-state index contributed by atoms with van der Waals surface area (Å²) in [5, 5.41) is 14.8. The fraction of sp³-hybridized carbons (Fsp3) is 0.591. The van der Waals surface area contributed by atoms with Crippen molar-refractivity contribution in [3.05, 3.63) is 35.9 Å². The Bertz CT molecular complexity index is 651. The van der Waals surface area contributed by atoms with E-state index in [2.05, 4.69) is 17.6 Å². The molecule has 0 aliphatic heterocycles. The number of unbranched alkanes of at least 4 members (excludes halogenated alkanes) is 5. The van der Waals surface area contributed by atoms with Gasteiger partial charge in [0.25, 0.3) is 0 Å². The highest BCUT2D eigenvalue weighted by Gasteiger charge is 2.29. The normalized spacial score (nSPS) is 13.7. The van der Waals surface area contributed by atoms with Crippen molar-refractivity contribution in [3.8, 4) is 0 Å². The van der Waals surface area contributed by atoms with Crippen LogP contribution in [0.15, 0.2) is 30.3 Å². The molecule has 0 fully saturated rings. The molecule has 0 aliphatic rings. The van der Waals surface area contributed by atoms with Gasteiger partial charge in [-0.2, -0.15) is 0 Å². The lowest BCUT2D eigenvalue weighted by Crippen LogP contribution is -2.56. The highest BCUT2D eigenvalue weighted by atomic mass is 16.5. The van der Waals surface area contributed by atoms with Crippen LogP contribution in [0, 0.1) is 0 Å². The van der Waals surface area contributed by atoms with Gasteiger partial charge in [0.05, 0.1) is 6.10 Å². The monoisotopic (exact) mass is 421 g/mol. The third kappa shape index (κ3) is 10.2. The van der Waals surface area contributed by atoms with Crippen LogP contribution in [0.5, 0.6) is 0 Å². The van der Waals surface area contributed by atoms with Crippen molar-refractivity contribution < 1.29 is 24.2 Å². The largest absolute Gasteiger partial charge is 0.445 e. The molecule has 30 heavy (non-hydrogen) atoms. The zero-order valence-electron chi connectivity index (χ0n) is 17.9. The first-order valence-corrected chi connectivity index (χ1v) is 10.6. The summed E-state index contributed by atoms with van der Waals surface area (Å²) in [6.07, 6.45) is 4.63. The minimum Gasteiger partial charge on any atom is -0.445 e. The molecule has 0 saturated carbocycles. The molecule has 0 aliphatic carbocycles. The van der Waals surface area contributed by atoms with E-state index in [9.17, 15) is 19.5 Å². The number of carbonyl (C=O) groups excluding carboxylic acids is 3. The molecule has 0 heterocycles. The lowest BCUT2D eigenvalue weighted by molar-refractivity contribution is -0.130. The van der Waals surface area contributed by atoms with Gasteiger partial charge in [0.1, 0.15) is 18.7 Å². The smallest absolute Gasteiger partial charge is 0.408 e. The predicted molar refractivity (Wildman–Crippen MR) is 114 cm³/mol. The number of carbonyl (C=O) groups is 3. The zero-order chi connectivity index (χ0) is 22.4. The quantitative estimate of drug-likeness (QED) is 0.343. The molecule has 0 unspecified atom stereocenters. The number of alkyl carbamates (subject to hydrolysis) is 1. The van der Waals surface area contributed by atoms with Gasteiger partial charge in [0, 0.05) is 0 Å². The van der Waals surface area contributed by atoms with E-state index in [1.165, 1.54) is 13.3 Å². The van der Waals surface area contributed by atoms with Crippen LogP contribution >= 0.6 is 0 Å². The highest BCUT2D eigenvalue weighted by Crippen LogP contribution is 2.09. The number of aliphatic hydroxyl groups excluding tert-OH is 1. The number of hydrogen-bond donors (Lipinski definition) is 4. The fourth-order valence-corrected chi connectivity index (χ4v) is 2.97. The van der Waals surface area contributed by atoms with Gasteiger partial charge in [-0.15, -0.1) is 0 Å². The Balaban J connectivity index is 2.52. The van der Waals surface area contributed by atoms with Crippen LogP contribution in [-0.2, 0) is 20.9 Å². The molecule has 1 rings (SSSR count). The Morgan fingerprint density at radius 1 is 1.03 bits per heavy atom. The van der Waals surface area contributed by atoms with Gasteiger partial charge in [-0.3, -0.25) is 9.59 Å². The number of nitrogens with two attached hydrogens (primary N) is 1. The van der Waals surface area contributed by atoms with Crippen molar-refractivity contribution in [1.82, 2.24) is 10.6 Å². The number of rotatable bonds is 14. The van der Waals surface area contributed by atoms with Crippen molar-refractivity contribution in [2.45, 2.75) is 83.6 Å². The van der Waals surface area contributed by atoms with Gasteiger partial charge in [-0.1, -0.05) is 75.8 Å². The maximum absolute atomic E-state index is 12.5. The van der Waals surface area contributed by atoms with Crippen LogP contribution < -0.4 is 16.4 Å². The van der Waals surface area contributed by atoms with Crippen molar-refractivity contribution in [2.75, 3.05) is 0 Å². The number of benzene rings is 1. The number of ether oxygens (including phenoxy) is 1. The summed E-state index contributed by atoms with van der Waals surface area (Å²) >= 11 is 0. The van der Waals surface area contributed by atoms with E-state index in [-0.39, 0.29) is 6.61 Å². The summed E-state index contributed by atoms with van der Waals surface area (Å²) < 4.78 is 5.09. The van der Waals surface area contributed by atoms with E-state index in [4.69, 9.17) is 10.5 Å². The van der Waals surface area contributed by atoms with E-state index in [0.29, 0.717) is 6.42 Å². The van der Waals surface area contributed by atoms with E-state index in [1.807, 2.05) is 18.2 Å². The van der Waals surface area contributed by atoms with E-state index < -0.39 is 36.1 Å². The van der Waals surface area contributed by atoms with Crippen LogP contribution in [-0.4, -0.2) is 41.2 Å². The molecule has 0 radical (unpaired) electrons. The summed E-state index contributed by atoms with van der Waals surface area (Å²) in [7, 11) is 0. The second-order valence-corrected chi connectivity index (χ2v) is 7.44. The van der Waals surface area contributed by atoms with Crippen molar-refractivity contribution >= 4 is 17.9 Å². The van der Waals surface area contributed by atoms with Crippen LogP contribution in [0.4, 0.5) is 4.79 Å². The number of nitrogens with one attached hydrogen (secondary N) is 2.